The standard InChI is InChI=1S/C18H21N3O2S2/c1-20(11-13-5-7-15(24-2)8-6-13)17(23)10-14-12-25-18(19-14)21-9-3-4-16(21)22/h5-8,12H,3-4,9-11H2,1-2H3. The summed E-state index contributed by atoms with van der Waals surface area (Å²) >= 11 is 3.13. The van der Waals surface area contributed by atoms with Crippen molar-refractivity contribution in [2.45, 2.75) is 30.7 Å². The summed E-state index contributed by atoms with van der Waals surface area (Å²) in [6, 6.07) is 8.24. The fourth-order valence-corrected chi connectivity index (χ4v) is 4.01. The highest BCUT2D eigenvalue weighted by atomic mass is 32.2. The van der Waals surface area contributed by atoms with E-state index in [0.29, 0.717) is 18.1 Å². The van der Waals surface area contributed by atoms with E-state index < -0.39 is 0 Å². The van der Waals surface area contributed by atoms with Gasteiger partial charge in [-0.15, -0.1) is 23.1 Å². The Hall–Kier alpha value is -1.86. The number of rotatable bonds is 6. The Morgan fingerprint density at radius 1 is 1.36 bits per heavy atom. The van der Waals surface area contributed by atoms with Crippen LogP contribution in [0.4, 0.5) is 5.13 Å². The Morgan fingerprint density at radius 2 is 2.12 bits per heavy atom. The van der Waals surface area contributed by atoms with Crippen LogP contribution in [0, 0.1) is 0 Å². The van der Waals surface area contributed by atoms with Crippen molar-refractivity contribution < 1.29 is 9.59 Å². The van der Waals surface area contributed by atoms with Crippen LogP contribution in [-0.2, 0) is 22.6 Å². The maximum Gasteiger partial charge on any atom is 0.228 e. The average Bonchev–Trinajstić information content (AvgIpc) is 3.24. The minimum atomic E-state index is 0.0264. The Morgan fingerprint density at radius 3 is 2.76 bits per heavy atom. The van der Waals surface area contributed by atoms with Crippen LogP contribution >= 0.6 is 23.1 Å². The lowest BCUT2D eigenvalue weighted by molar-refractivity contribution is -0.129. The van der Waals surface area contributed by atoms with E-state index in [1.807, 2.05) is 18.7 Å². The predicted molar refractivity (Wildman–Crippen MR) is 102 cm³/mol. The van der Waals surface area contributed by atoms with Crippen LogP contribution < -0.4 is 4.90 Å². The van der Waals surface area contributed by atoms with Gasteiger partial charge < -0.3 is 4.90 Å². The number of carbonyl (C=O) groups excluding carboxylic acids is 2. The van der Waals surface area contributed by atoms with Gasteiger partial charge in [-0.05, 0) is 30.4 Å². The topological polar surface area (TPSA) is 53.5 Å². The van der Waals surface area contributed by atoms with Crippen molar-refractivity contribution in [3.63, 3.8) is 0 Å². The van der Waals surface area contributed by atoms with Gasteiger partial charge >= 0.3 is 0 Å². The summed E-state index contributed by atoms with van der Waals surface area (Å²) < 4.78 is 0. The summed E-state index contributed by atoms with van der Waals surface area (Å²) in [5.41, 5.74) is 1.84. The fourth-order valence-electron chi connectivity index (χ4n) is 2.73. The van der Waals surface area contributed by atoms with E-state index in [4.69, 9.17) is 0 Å². The molecule has 1 aliphatic rings. The number of hydrogen-bond acceptors (Lipinski definition) is 5. The smallest absolute Gasteiger partial charge is 0.228 e. The first kappa shape index (κ1) is 17.9. The number of anilines is 1. The molecule has 0 radical (unpaired) electrons. The molecule has 0 N–H and O–H groups in total. The monoisotopic (exact) mass is 375 g/mol. The first-order valence-corrected chi connectivity index (χ1v) is 10.3. The van der Waals surface area contributed by atoms with Crippen molar-refractivity contribution in [2.24, 2.45) is 0 Å². The van der Waals surface area contributed by atoms with Crippen molar-refractivity contribution in [3.05, 3.63) is 40.9 Å². The summed E-state index contributed by atoms with van der Waals surface area (Å²) in [6.45, 7) is 1.31. The van der Waals surface area contributed by atoms with Crippen molar-refractivity contribution in [3.8, 4) is 0 Å². The largest absolute Gasteiger partial charge is 0.341 e. The van der Waals surface area contributed by atoms with Gasteiger partial charge in [0.25, 0.3) is 0 Å². The molecule has 0 bridgehead atoms. The van der Waals surface area contributed by atoms with E-state index in [1.165, 1.54) is 16.2 Å². The van der Waals surface area contributed by atoms with E-state index in [1.54, 1.807) is 21.6 Å². The molecule has 0 aliphatic carbocycles. The lowest BCUT2D eigenvalue weighted by Gasteiger charge is -2.17. The lowest BCUT2D eigenvalue weighted by atomic mass is 10.2. The molecule has 7 heteroatoms. The third-order valence-corrected chi connectivity index (χ3v) is 5.84. The van der Waals surface area contributed by atoms with E-state index in [2.05, 4.69) is 29.2 Å². The highest BCUT2D eigenvalue weighted by molar-refractivity contribution is 7.98. The molecule has 0 saturated carbocycles. The number of likely N-dealkylation sites (N-methyl/N-ethyl adjacent to an activating group) is 1. The molecule has 0 unspecified atom stereocenters. The summed E-state index contributed by atoms with van der Waals surface area (Å²) in [4.78, 5) is 33.3. The van der Waals surface area contributed by atoms with Crippen LogP contribution in [0.2, 0.25) is 0 Å². The van der Waals surface area contributed by atoms with Gasteiger partial charge in [-0.1, -0.05) is 12.1 Å². The molecule has 1 fully saturated rings. The third-order valence-electron chi connectivity index (χ3n) is 4.18. The minimum absolute atomic E-state index is 0.0264. The van der Waals surface area contributed by atoms with Crippen molar-refractivity contribution >= 4 is 40.0 Å². The number of thioether (sulfide) groups is 1. The highest BCUT2D eigenvalue weighted by Crippen LogP contribution is 2.25. The van der Waals surface area contributed by atoms with Crippen LogP contribution in [0.25, 0.3) is 0 Å². The molecule has 2 heterocycles. The molecule has 2 aromatic rings. The first-order valence-electron chi connectivity index (χ1n) is 8.18. The Balaban J connectivity index is 1.57. The van der Waals surface area contributed by atoms with Gasteiger partial charge in [-0.3, -0.25) is 14.5 Å². The second-order valence-corrected chi connectivity index (χ2v) is 7.76. The van der Waals surface area contributed by atoms with Crippen molar-refractivity contribution in [1.29, 1.82) is 0 Å². The van der Waals surface area contributed by atoms with Crippen molar-refractivity contribution in [1.82, 2.24) is 9.88 Å². The molecular weight excluding hydrogens is 354 g/mol. The van der Waals surface area contributed by atoms with Crippen LogP contribution in [-0.4, -0.2) is 41.5 Å². The van der Waals surface area contributed by atoms with Gasteiger partial charge in [0.1, 0.15) is 0 Å². The summed E-state index contributed by atoms with van der Waals surface area (Å²) in [6.07, 6.45) is 3.77. The Bertz CT molecular complexity index is 758. The number of carbonyl (C=O) groups is 2. The molecule has 5 nitrogen and oxygen atoms in total. The molecule has 2 amide bonds. The van der Waals surface area contributed by atoms with E-state index in [0.717, 1.165) is 24.2 Å². The molecule has 1 aromatic heterocycles. The minimum Gasteiger partial charge on any atom is -0.341 e. The van der Waals surface area contributed by atoms with Crippen LogP contribution in [0.1, 0.15) is 24.1 Å². The molecular formula is C18H21N3O2S2. The quantitative estimate of drug-likeness (QED) is 0.728. The molecule has 1 aromatic carbocycles. The maximum atomic E-state index is 12.4. The number of thiazole rings is 1. The number of hydrogen-bond donors (Lipinski definition) is 0. The second-order valence-electron chi connectivity index (χ2n) is 6.04. The fraction of sp³-hybridized carbons (Fsp3) is 0.389. The number of aromatic nitrogens is 1. The van der Waals surface area contributed by atoms with Gasteiger partial charge in [-0.2, -0.15) is 0 Å². The normalized spacial score (nSPS) is 14.2. The van der Waals surface area contributed by atoms with Gasteiger partial charge in [-0.25, -0.2) is 4.98 Å². The molecule has 0 spiro atoms. The summed E-state index contributed by atoms with van der Waals surface area (Å²) in [5, 5.41) is 2.58. The van der Waals surface area contributed by atoms with E-state index in [-0.39, 0.29) is 18.2 Å². The molecule has 1 saturated heterocycles. The Labute approximate surface area is 156 Å². The molecule has 25 heavy (non-hydrogen) atoms. The van der Waals surface area contributed by atoms with Crippen LogP contribution in [0.3, 0.4) is 0 Å². The molecule has 3 rings (SSSR count). The second kappa shape index (κ2) is 8.01. The SMILES string of the molecule is CSc1ccc(CN(C)C(=O)Cc2csc(N3CCCC3=O)n2)cc1. The van der Waals surface area contributed by atoms with Gasteiger partial charge in [0, 0.05) is 36.8 Å². The Kier molecular flexibility index (Phi) is 5.75. The highest BCUT2D eigenvalue weighted by Gasteiger charge is 2.24. The number of benzene rings is 1. The molecule has 1 aliphatic heterocycles. The summed E-state index contributed by atoms with van der Waals surface area (Å²) in [5.74, 6) is 0.150. The third kappa shape index (κ3) is 4.41. The van der Waals surface area contributed by atoms with Crippen LogP contribution in [0.15, 0.2) is 34.5 Å². The number of amides is 2. The molecule has 132 valence electrons. The van der Waals surface area contributed by atoms with Crippen molar-refractivity contribution in [2.75, 3.05) is 24.7 Å². The predicted octanol–water partition coefficient (Wildman–Crippen LogP) is 3.19. The van der Waals surface area contributed by atoms with Gasteiger partial charge in [0.05, 0.1) is 12.1 Å². The van der Waals surface area contributed by atoms with E-state index >= 15 is 0 Å². The zero-order valence-corrected chi connectivity index (χ0v) is 16.0. The van der Waals surface area contributed by atoms with E-state index in [9.17, 15) is 9.59 Å². The average molecular weight is 376 g/mol. The maximum absolute atomic E-state index is 12.4. The zero-order chi connectivity index (χ0) is 17.8. The van der Waals surface area contributed by atoms with Crippen LogP contribution in [0.5, 0.6) is 0 Å². The lowest BCUT2D eigenvalue weighted by Crippen LogP contribution is -2.28. The first-order chi connectivity index (χ1) is 12.1. The zero-order valence-electron chi connectivity index (χ0n) is 14.4. The van der Waals surface area contributed by atoms with Gasteiger partial charge in [0.15, 0.2) is 5.13 Å². The van der Waals surface area contributed by atoms with Gasteiger partial charge in [0.2, 0.25) is 11.8 Å². The number of nitrogens with zero attached hydrogens (tertiary/aromatic N) is 3. The summed E-state index contributed by atoms with van der Waals surface area (Å²) in [7, 11) is 1.81. The molecule has 0 atom stereocenters.